The number of carboxylic acid groups (broad SMARTS) is 1. The number of alkyl halides is 3. The van der Waals surface area contributed by atoms with Crippen LogP contribution in [0.1, 0.15) is 54.1 Å². The Hall–Kier alpha value is -3.09. The fraction of sp³-hybridized carbons (Fsp3) is 0.533. The Labute approximate surface area is 251 Å². The highest BCUT2D eigenvalue weighted by atomic mass is 35.5. The lowest BCUT2D eigenvalue weighted by Gasteiger charge is -2.48. The Morgan fingerprint density at radius 1 is 1.12 bits per heavy atom. The van der Waals surface area contributed by atoms with Crippen LogP contribution in [0.5, 0.6) is 5.75 Å². The Balaban J connectivity index is 1.12. The van der Waals surface area contributed by atoms with E-state index < -0.39 is 29.1 Å². The van der Waals surface area contributed by atoms with E-state index in [9.17, 15) is 32.3 Å². The average Bonchev–Trinajstić information content (AvgIpc) is 3.82. The molecule has 3 aliphatic heterocycles. The predicted molar refractivity (Wildman–Crippen MR) is 149 cm³/mol. The van der Waals surface area contributed by atoms with Crippen LogP contribution in [0.3, 0.4) is 0 Å². The second kappa shape index (κ2) is 11.1. The Kier molecular flexibility index (Phi) is 7.75. The first-order chi connectivity index (χ1) is 20.4. The molecule has 1 N–H and O–H groups in total. The van der Waals surface area contributed by atoms with E-state index in [0.29, 0.717) is 44.8 Å². The number of hydrogen-bond donors (Lipinski definition) is 1. The lowest BCUT2D eigenvalue weighted by atomic mass is 9.85. The van der Waals surface area contributed by atoms with Gasteiger partial charge in [0.25, 0.3) is 5.91 Å². The fourth-order valence-corrected chi connectivity index (χ4v) is 7.02. The number of aromatic carboxylic acids is 1. The first-order valence-corrected chi connectivity index (χ1v) is 14.7. The lowest BCUT2D eigenvalue weighted by molar-refractivity contribution is -0.180. The zero-order valence-electron chi connectivity index (χ0n) is 23.5. The van der Waals surface area contributed by atoms with Crippen LogP contribution in [-0.2, 0) is 22.3 Å². The van der Waals surface area contributed by atoms with Gasteiger partial charge in [-0.05, 0) is 68.9 Å². The molecule has 8 nitrogen and oxygen atoms in total. The molecule has 13 heteroatoms. The summed E-state index contributed by atoms with van der Waals surface area (Å²) in [6, 6.07) is 6.47. The maximum Gasteiger partial charge on any atom is 0.420 e. The van der Waals surface area contributed by atoms with Gasteiger partial charge in [-0.1, -0.05) is 11.6 Å². The fourth-order valence-electron chi connectivity index (χ4n) is 6.78. The molecule has 1 amide bonds. The van der Waals surface area contributed by atoms with Crippen molar-refractivity contribution in [3.05, 3.63) is 57.9 Å². The van der Waals surface area contributed by atoms with Crippen molar-refractivity contribution in [3.8, 4) is 5.75 Å². The standard InChI is InChI=1S/C30H32ClF4N3O5/c1-17-13-36(8-9-38(17)21-4-5-25(32)23(12-21)27(39)40)22-6-7-29(43-15-22,19-2-3-19)28(41)37-14-18-10-20(31)11-24(30(33,34)35)26(18)42-16-37/h4-5,10-12,17,19,22H,2-3,6-9,13-16H2,1H3,(H,39,40)/t17-,22+,29-/m0/s1. The summed E-state index contributed by atoms with van der Waals surface area (Å²) in [5.74, 6) is -2.60. The van der Waals surface area contributed by atoms with Crippen LogP contribution in [-0.4, -0.2) is 77.4 Å². The molecule has 0 radical (unpaired) electrons. The third-order valence-corrected chi connectivity index (χ3v) is 9.34. The number of fused-ring (bicyclic) bond motifs is 1. The number of nitrogens with zero attached hydrogens (tertiary/aromatic N) is 3. The number of carbonyl (C=O) groups is 2. The lowest BCUT2D eigenvalue weighted by Crippen LogP contribution is -2.61. The van der Waals surface area contributed by atoms with Crippen LogP contribution in [0, 0.1) is 11.7 Å². The summed E-state index contributed by atoms with van der Waals surface area (Å²) in [5, 5.41) is 9.23. The molecule has 2 aromatic carbocycles. The molecule has 3 fully saturated rings. The van der Waals surface area contributed by atoms with Crippen molar-refractivity contribution in [1.82, 2.24) is 9.80 Å². The number of hydrogen-bond acceptors (Lipinski definition) is 6. The second-order valence-electron chi connectivity index (χ2n) is 11.9. The molecular weight excluding hydrogens is 594 g/mol. The number of carboxylic acids is 1. The number of halogens is 5. The first kappa shape index (κ1) is 30.0. The van der Waals surface area contributed by atoms with Crippen molar-refractivity contribution in [1.29, 1.82) is 0 Å². The number of anilines is 1. The molecule has 0 aromatic heterocycles. The Morgan fingerprint density at radius 3 is 2.51 bits per heavy atom. The molecule has 0 unspecified atom stereocenters. The maximum absolute atomic E-state index is 13.9. The highest BCUT2D eigenvalue weighted by Gasteiger charge is 2.56. The molecule has 4 aliphatic rings. The Bertz CT molecular complexity index is 1430. The van der Waals surface area contributed by atoms with Crippen LogP contribution in [0.2, 0.25) is 5.02 Å². The summed E-state index contributed by atoms with van der Waals surface area (Å²) in [5.41, 5.74) is -1.50. The van der Waals surface area contributed by atoms with E-state index in [1.54, 1.807) is 6.07 Å². The normalized spacial score (nSPS) is 26.6. The largest absolute Gasteiger partial charge is 0.478 e. The van der Waals surface area contributed by atoms with Gasteiger partial charge in [0.05, 0.1) is 24.3 Å². The van der Waals surface area contributed by atoms with Crippen molar-refractivity contribution in [2.24, 2.45) is 5.92 Å². The summed E-state index contributed by atoms with van der Waals surface area (Å²) in [6.45, 7) is 3.99. The Morgan fingerprint density at radius 2 is 1.88 bits per heavy atom. The molecule has 43 heavy (non-hydrogen) atoms. The number of rotatable bonds is 5. The van der Waals surface area contributed by atoms with Crippen LogP contribution < -0.4 is 9.64 Å². The van der Waals surface area contributed by atoms with E-state index in [-0.39, 0.29) is 59.1 Å². The van der Waals surface area contributed by atoms with Gasteiger partial charge in [-0.25, -0.2) is 9.18 Å². The summed E-state index contributed by atoms with van der Waals surface area (Å²) < 4.78 is 66.6. The predicted octanol–water partition coefficient (Wildman–Crippen LogP) is 5.41. The smallest absolute Gasteiger partial charge is 0.420 e. The van der Waals surface area contributed by atoms with Crippen molar-refractivity contribution < 1.29 is 41.7 Å². The van der Waals surface area contributed by atoms with Crippen molar-refractivity contribution in [2.45, 2.75) is 63.0 Å². The maximum atomic E-state index is 13.9. The van der Waals surface area contributed by atoms with Crippen LogP contribution in [0.4, 0.5) is 23.2 Å². The number of amides is 1. The molecule has 6 rings (SSSR count). The van der Waals surface area contributed by atoms with Gasteiger partial charge in [-0.15, -0.1) is 0 Å². The van der Waals surface area contributed by atoms with Gasteiger partial charge in [0.15, 0.2) is 6.73 Å². The molecule has 2 saturated heterocycles. The van der Waals surface area contributed by atoms with Gasteiger partial charge in [0, 0.05) is 48.0 Å². The van der Waals surface area contributed by atoms with Gasteiger partial charge >= 0.3 is 12.1 Å². The van der Waals surface area contributed by atoms with Crippen LogP contribution in [0.15, 0.2) is 30.3 Å². The van der Waals surface area contributed by atoms with Gasteiger partial charge in [-0.2, -0.15) is 13.2 Å². The second-order valence-corrected chi connectivity index (χ2v) is 12.3. The van der Waals surface area contributed by atoms with Crippen molar-refractivity contribution in [2.75, 3.05) is 37.9 Å². The molecule has 3 atom stereocenters. The first-order valence-electron chi connectivity index (χ1n) is 14.4. The highest BCUT2D eigenvalue weighted by Crippen LogP contribution is 2.49. The molecular formula is C30H32ClF4N3O5. The number of benzene rings is 2. The number of piperazine rings is 1. The van der Waals surface area contributed by atoms with E-state index in [0.717, 1.165) is 18.9 Å². The van der Waals surface area contributed by atoms with Crippen molar-refractivity contribution in [3.63, 3.8) is 0 Å². The zero-order valence-corrected chi connectivity index (χ0v) is 24.3. The number of carbonyl (C=O) groups excluding carboxylic acids is 1. The van der Waals surface area contributed by atoms with E-state index in [1.807, 2.05) is 6.92 Å². The minimum absolute atomic E-state index is 0.0246. The van der Waals surface area contributed by atoms with Crippen LogP contribution in [0.25, 0.3) is 0 Å². The third kappa shape index (κ3) is 5.64. The molecule has 2 aromatic rings. The molecule has 0 bridgehead atoms. The van der Waals surface area contributed by atoms with Crippen molar-refractivity contribution >= 4 is 29.2 Å². The minimum Gasteiger partial charge on any atom is -0.478 e. The van der Waals surface area contributed by atoms with Gasteiger partial charge in [-0.3, -0.25) is 9.69 Å². The van der Waals surface area contributed by atoms with E-state index in [1.165, 1.54) is 23.1 Å². The van der Waals surface area contributed by atoms with E-state index in [4.69, 9.17) is 21.1 Å². The summed E-state index contributed by atoms with van der Waals surface area (Å²) >= 11 is 5.99. The third-order valence-electron chi connectivity index (χ3n) is 9.12. The monoisotopic (exact) mass is 625 g/mol. The van der Waals surface area contributed by atoms with E-state index >= 15 is 0 Å². The van der Waals surface area contributed by atoms with Gasteiger partial charge < -0.3 is 24.4 Å². The minimum atomic E-state index is -4.64. The molecule has 3 heterocycles. The van der Waals surface area contributed by atoms with Gasteiger partial charge in [0.2, 0.25) is 0 Å². The summed E-state index contributed by atoms with van der Waals surface area (Å²) in [7, 11) is 0. The molecule has 0 spiro atoms. The zero-order chi connectivity index (χ0) is 30.7. The molecule has 1 saturated carbocycles. The quantitative estimate of drug-likeness (QED) is 0.445. The SMILES string of the molecule is C[C@H]1CN([C@@H]2CC[C@@](C(=O)N3COc4c(cc(Cl)cc4C(F)(F)F)C3)(C3CC3)OC2)CCN1c1ccc(F)c(C(=O)O)c1. The highest BCUT2D eigenvalue weighted by molar-refractivity contribution is 6.30. The molecule has 232 valence electrons. The summed E-state index contributed by atoms with van der Waals surface area (Å²) in [4.78, 5) is 31.1. The topological polar surface area (TPSA) is 82.6 Å². The average molecular weight is 626 g/mol. The number of ether oxygens (including phenoxy) is 2. The van der Waals surface area contributed by atoms with E-state index in [2.05, 4.69) is 9.80 Å². The molecule has 1 aliphatic carbocycles. The van der Waals surface area contributed by atoms with Crippen LogP contribution >= 0.6 is 11.6 Å². The summed E-state index contributed by atoms with van der Waals surface area (Å²) in [6.07, 6.45) is -1.75. The van der Waals surface area contributed by atoms with Gasteiger partial charge in [0.1, 0.15) is 17.2 Å².